The van der Waals surface area contributed by atoms with Gasteiger partial charge in [0.15, 0.2) is 0 Å². The number of halogens is 2. The highest BCUT2D eigenvalue weighted by Crippen LogP contribution is 2.41. The van der Waals surface area contributed by atoms with Crippen LogP contribution in [0.5, 0.6) is 0 Å². The summed E-state index contributed by atoms with van der Waals surface area (Å²) in [5, 5.41) is 0. The average molecular weight is 519 g/mol. The van der Waals surface area contributed by atoms with Gasteiger partial charge in [-0.25, -0.2) is 0 Å². The van der Waals surface area contributed by atoms with Crippen molar-refractivity contribution >= 4 is 38.5 Å². The van der Waals surface area contributed by atoms with Crippen molar-refractivity contribution in [1.29, 1.82) is 0 Å². The minimum atomic E-state index is 1.13. The van der Waals surface area contributed by atoms with Crippen LogP contribution < -0.4 is 0 Å². The Labute approximate surface area is 179 Å². The lowest BCUT2D eigenvalue weighted by Gasteiger charge is -2.19. The topological polar surface area (TPSA) is 0 Å². The molecule has 3 aromatic carbocycles. The maximum absolute atomic E-state index is 3.77. The van der Waals surface area contributed by atoms with E-state index < -0.39 is 0 Å². The monoisotopic (exact) mass is 518 g/mol. The van der Waals surface area contributed by atoms with Gasteiger partial charge in [0.2, 0.25) is 0 Å². The molecule has 134 valence electrons. The summed E-state index contributed by atoms with van der Waals surface area (Å²) in [7, 11) is 0. The Morgan fingerprint density at radius 2 is 0.885 bits per heavy atom. The van der Waals surface area contributed by atoms with Crippen molar-refractivity contribution in [3.8, 4) is 22.3 Å². The van der Waals surface area contributed by atoms with Crippen LogP contribution in [0.1, 0.15) is 33.4 Å². The molecule has 0 bridgehead atoms. The lowest BCUT2D eigenvalue weighted by molar-refractivity contribution is 1.30. The molecule has 0 aliphatic rings. The van der Waals surface area contributed by atoms with Crippen molar-refractivity contribution < 1.29 is 0 Å². The molecule has 0 aliphatic heterocycles. The second kappa shape index (κ2) is 7.47. The van der Waals surface area contributed by atoms with E-state index in [1.54, 1.807) is 0 Å². The number of aryl methyl sites for hydroxylation is 6. The quantitative estimate of drug-likeness (QED) is 0.299. The normalized spacial score (nSPS) is 11.1. The summed E-state index contributed by atoms with van der Waals surface area (Å²) in [4.78, 5) is 0. The third kappa shape index (κ3) is 3.63. The fourth-order valence-corrected chi connectivity index (χ4v) is 5.47. The Balaban J connectivity index is 2.34. The molecule has 26 heavy (non-hydrogen) atoms. The minimum absolute atomic E-state index is 1.13. The van der Waals surface area contributed by atoms with Crippen LogP contribution in [0.15, 0.2) is 40.9 Å². The van der Waals surface area contributed by atoms with Gasteiger partial charge in [0, 0.05) is 8.04 Å². The number of hydrogen-bond donors (Lipinski definition) is 0. The van der Waals surface area contributed by atoms with Crippen molar-refractivity contribution in [2.45, 2.75) is 41.5 Å². The van der Waals surface area contributed by atoms with Crippen LogP contribution in [0.25, 0.3) is 22.3 Å². The highest BCUT2D eigenvalue weighted by atomic mass is 127. The molecule has 0 heterocycles. The van der Waals surface area contributed by atoms with Crippen molar-refractivity contribution in [3.63, 3.8) is 0 Å². The molecular weight excluding hydrogens is 495 g/mol. The van der Waals surface area contributed by atoms with Gasteiger partial charge in [-0.3, -0.25) is 0 Å². The first kappa shape index (κ1) is 19.6. The molecule has 0 aliphatic carbocycles. The summed E-state index contributed by atoms with van der Waals surface area (Å²) < 4.78 is 2.44. The van der Waals surface area contributed by atoms with Crippen molar-refractivity contribution in [2.75, 3.05) is 0 Å². The van der Waals surface area contributed by atoms with Gasteiger partial charge in [-0.15, -0.1) is 0 Å². The van der Waals surface area contributed by atoms with Crippen LogP contribution in [0.4, 0.5) is 0 Å². The third-order valence-electron chi connectivity index (χ3n) is 4.93. The average Bonchev–Trinajstić information content (AvgIpc) is 2.49. The standard InChI is InChI=1S/C24H24BrI/c1-13-7-15(3)22(16(4)8-13)20-11-19(25)12-21(24(20)26)23-17(5)9-14(2)10-18(23)6/h7-12H,1-6H3. The first-order valence-electron chi connectivity index (χ1n) is 8.84. The van der Waals surface area contributed by atoms with E-state index in [-0.39, 0.29) is 0 Å². The molecule has 0 saturated carbocycles. The Kier molecular flexibility index (Phi) is 5.64. The van der Waals surface area contributed by atoms with Gasteiger partial charge in [-0.05, 0) is 121 Å². The maximum Gasteiger partial charge on any atom is 0.0288 e. The van der Waals surface area contributed by atoms with Crippen LogP contribution >= 0.6 is 38.5 Å². The summed E-state index contributed by atoms with van der Waals surface area (Å²) in [5.41, 5.74) is 13.3. The van der Waals surface area contributed by atoms with Gasteiger partial charge >= 0.3 is 0 Å². The zero-order valence-corrected chi connectivity index (χ0v) is 20.0. The van der Waals surface area contributed by atoms with Crippen LogP contribution in [0, 0.1) is 45.1 Å². The molecule has 3 aromatic rings. The maximum atomic E-state index is 3.77. The number of rotatable bonds is 2. The molecule has 0 atom stereocenters. The molecule has 0 nitrogen and oxygen atoms in total. The zero-order chi connectivity index (χ0) is 19.2. The molecule has 0 spiro atoms. The summed E-state index contributed by atoms with van der Waals surface area (Å²) in [5.74, 6) is 0. The third-order valence-corrected chi connectivity index (χ3v) is 6.55. The number of benzene rings is 3. The molecule has 0 aromatic heterocycles. The Bertz CT molecular complexity index is 890. The Morgan fingerprint density at radius 1 is 0.577 bits per heavy atom. The van der Waals surface area contributed by atoms with Gasteiger partial charge in [0.05, 0.1) is 0 Å². The Hall–Kier alpha value is -1.13. The summed E-state index contributed by atoms with van der Waals surface area (Å²) in [6, 6.07) is 13.6. The van der Waals surface area contributed by atoms with E-state index in [9.17, 15) is 0 Å². The number of hydrogen-bond acceptors (Lipinski definition) is 0. The summed E-state index contributed by atoms with van der Waals surface area (Å²) in [6.45, 7) is 13.2. The molecule has 3 rings (SSSR count). The largest absolute Gasteiger partial charge is 0.0557 e. The smallest absolute Gasteiger partial charge is 0.0288 e. The first-order chi connectivity index (χ1) is 12.2. The van der Waals surface area contributed by atoms with Crippen LogP contribution in [-0.2, 0) is 0 Å². The lowest BCUT2D eigenvalue weighted by Crippen LogP contribution is -1.97. The lowest BCUT2D eigenvalue weighted by atomic mass is 9.89. The van der Waals surface area contributed by atoms with Crippen molar-refractivity contribution in [3.05, 3.63) is 77.8 Å². The van der Waals surface area contributed by atoms with Crippen LogP contribution in [0.3, 0.4) is 0 Å². The van der Waals surface area contributed by atoms with E-state index >= 15 is 0 Å². The molecule has 0 N–H and O–H groups in total. The minimum Gasteiger partial charge on any atom is -0.0557 e. The fraction of sp³-hybridized carbons (Fsp3) is 0.250. The van der Waals surface area contributed by atoms with E-state index in [0.29, 0.717) is 0 Å². The van der Waals surface area contributed by atoms with E-state index in [1.165, 1.54) is 59.2 Å². The zero-order valence-electron chi connectivity index (χ0n) is 16.2. The van der Waals surface area contributed by atoms with Crippen LogP contribution in [-0.4, -0.2) is 0 Å². The second-order valence-corrected chi connectivity index (χ2v) is 9.36. The Morgan fingerprint density at radius 3 is 1.19 bits per heavy atom. The van der Waals surface area contributed by atoms with E-state index in [4.69, 9.17) is 0 Å². The highest BCUT2D eigenvalue weighted by Gasteiger charge is 2.17. The highest BCUT2D eigenvalue weighted by molar-refractivity contribution is 14.1. The van der Waals surface area contributed by atoms with Gasteiger partial charge in [0.1, 0.15) is 0 Å². The van der Waals surface area contributed by atoms with Crippen LogP contribution in [0.2, 0.25) is 0 Å². The molecule has 0 unspecified atom stereocenters. The predicted molar refractivity (Wildman–Crippen MR) is 126 cm³/mol. The fourth-order valence-electron chi connectivity index (χ4n) is 4.16. The predicted octanol–water partition coefficient (Wildman–Crippen LogP) is 8.24. The van der Waals surface area contributed by atoms with Gasteiger partial charge in [-0.2, -0.15) is 0 Å². The van der Waals surface area contributed by atoms with Crippen molar-refractivity contribution in [1.82, 2.24) is 0 Å². The van der Waals surface area contributed by atoms with Gasteiger partial charge in [0.25, 0.3) is 0 Å². The first-order valence-corrected chi connectivity index (χ1v) is 10.7. The molecular formula is C24H24BrI. The summed E-state index contributed by atoms with van der Waals surface area (Å²) >= 11 is 6.29. The second-order valence-electron chi connectivity index (χ2n) is 7.36. The van der Waals surface area contributed by atoms with Gasteiger partial charge < -0.3 is 0 Å². The van der Waals surface area contributed by atoms with E-state index in [2.05, 4.69) is 116 Å². The van der Waals surface area contributed by atoms with Crippen molar-refractivity contribution in [2.24, 2.45) is 0 Å². The SMILES string of the molecule is Cc1cc(C)c(-c2cc(Br)cc(-c3c(C)cc(C)cc3C)c2I)c(C)c1. The summed E-state index contributed by atoms with van der Waals surface area (Å²) in [6.07, 6.45) is 0. The molecule has 0 amide bonds. The van der Waals surface area contributed by atoms with E-state index in [1.807, 2.05) is 0 Å². The molecule has 2 heteroatoms. The molecule has 0 saturated heterocycles. The molecule has 0 radical (unpaired) electrons. The molecule has 0 fully saturated rings. The van der Waals surface area contributed by atoms with Gasteiger partial charge in [-0.1, -0.05) is 51.3 Å². The van der Waals surface area contributed by atoms with E-state index in [0.717, 1.165) is 4.47 Å².